The van der Waals surface area contributed by atoms with Crippen LogP contribution in [0, 0.1) is 17.8 Å². The Morgan fingerprint density at radius 1 is 1.29 bits per heavy atom. The second-order valence-corrected chi connectivity index (χ2v) is 7.21. The molecule has 2 aromatic heterocycles. The Hall–Kier alpha value is -2.18. The van der Waals surface area contributed by atoms with Gasteiger partial charge in [0.15, 0.2) is 11.5 Å². The number of carbonyl (C=O) groups excluding carboxylic acids is 1. The molecule has 2 saturated carbocycles. The molecule has 24 heavy (non-hydrogen) atoms. The van der Waals surface area contributed by atoms with E-state index in [0.29, 0.717) is 30.2 Å². The van der Waals surface area contributed by atoms with Crippen molar-refractivity contribution in [1.29, 1.82) is 0 Å². The topological polar surface area (TPSA) is 98.7 Å². The quantitative estimate of drug-likeness (QED) is 0.787. The maximum absolute atomic E-state index is 12.1. The predicted molar refractivity (Wildman–Crippen MR) is 90.9 cm³/mol. The van der Waals surface area contributed by atoms with E-state index in [0.717, 1.165) is 30.4 Å². The summed E-state index contributed by atoms with van der Waals surface area (Å²) < 4.78 is 1.95. The molecule has 1 amide bonds. The van der Waals surface area contributed by atoms with Gasteiger partial charge in [0.2, 0.25) is 5.91 Å². The molecule has 0 aliphatic heterocycles. The van der Waals surface area contributed by atoms with Crippen molar-refractivity contribution in [2.75, 3.05) is 12.3 Å². The lowest BCUT2D eigenvalue weighted by Crippen LogP contribution is -2.28. The van der Waals surface area contributed by atoms with Crippen LogP contribution in [0.1, 0.15) is 38.5 Å². The average molecular weight is 328 g/mol. The van der Waals surface area contributed by atoms with Crippen LogP contribution in [0.2, 0.25) is 0 Å². The molecular weight excluding hydrogens is 304 g/mol. The summed E-state index contributed by atoms with van der Waals surface area (Å²) >= 11 is 0. The number of nitrogen functional groups attached to an aromatic ring is 1. The molecule has 3 N–H and O–H groups in total. The molecule has 0 radical (unpaired) electrons. The minimum absolute atomic E-state index is 0.203. The number of aromatic nitrogens is 4. The number of fused-ring (bicyclic) bond motifs is 3. The zero-order valence-electron chi connectivity index (χ0n) is 13.8. The number of nitrogens with two attached hydrogens (primary N) is 1. The molecule has 2 bridgehead atoms. The van der Waals surface area contributed by atoms with Gasteiger partial charge in [-0.3, -0.25) is 4.79 Å². The molecule has 2 heterocycles. The van der Waals surface area contributed by atoms with Crippen LogP contribution in [0.5, 0.6) is 0 Å². The fourth-order valence-electron chi connectivity index (χ4n) is 4.48. The number of carbonyl (C=O) groups is 1. The Kier molecular flexibility index (Phi) is 4.08. The summed E-state index contributed by atoms with van der Waals surface area (Å²) in [7, 11) is 0. The van der Waals surface area contributed by atoms with Crippen LogP contribution in [0.15, 0.2) is 12.7 Å². The molecule has 0 spiro atoms. The van der Waals surface area contributed by atoms with Crippen LogP contribution in [0.25, 0.3) is 11.2 Å². The van der Waals surface area contributed by atoms with Gasteiger partial charge in [0.05, 0.1) is 6.33 Å². The molecule has 7 heteroatoms. The second-order valence-electron chi connectivity index (χ2n) is 7.21. The summed E-state index contributed by atoms with van der Waals surface area (Å²) in [6.07, 6.45) is 10.1. The molecule has 7 nitrogen and oxygen atoms in total. The summed E-state index contributed by atoms with van der Waals surface area (Å²) in [5.74, 6) is 2.94. The summed E-state index contributed by atoms with van der Waals surface area (Å²) in [5, 5.41) is 3.06. The van der Waals surface area contributed by atoms with Gasteiger partial charge in [0.25, 0.3) is 0 Å². The molecule has 2 aliphatic rings. The van der Waals surface area contributed by atoms with Gasteiger partial charge in [-0.2, -0.15) is 0 Å². The summed E-state index contributed by atoms with van der Waals surface area (Å²) in [6, 6.07) is 0. The van der Waals surface area contributed by atoms with Gasteiger partial charge in [-0.25, -0.2) is 15.0 Å². The average Bonchev–Trinajstić information content (AvgIpc) is 3.27. The lowest BCUT2D eigenvalue weighted by atomic mass is 9.86. The zero-order chi connectivity index (χ0) is 16.5. The summed E-state index contributed by atoms with van der Waals surface area (Å²) in [4.78, 5) is 24.5. The largest absolute Gasteiger partial charge is 0.382 e. The monoisotopic (exact) mass is 328 g/mol. The number of hydrogen-bond donors (Lipinski definition) is 2. The number of rotatable bonds is 6. The van der Waals surface area contributed by atoms with Gasteiger partial charge < -0.3 is 15.6 Å². The van der Waals surface area contributed by atoms with E-state index in [1.54, 1.807) is 6.33 Å². The van der Waals surface area contributed by atoms with Gasteiger partial charge in [-0.1, -0.05) is 6.42 Å². The minimum atomic E-state index is 0.203. The van der Waals surface area contributed by atoms with Crippen LogP contribution in [0.4, 0.5) is 5.82 Å². The third-order valence-electron chi connectivity index (χ3n) is 5.66. The van der Waals surface area contributed by atoms with E-state index < -0.39 is 0 Å². The van der Waals surface area contributed by atoms with E-state index in [9.17, 15) is 4.79 Å². The first-order valence-corrected chi connectivity index (χ1v) is 8.88. The molecule has 2 fully saturated rings. The Labute approximate surface area is 141 Å². The summed E-state index contributed by atoms with van der Waals surface area (Å²) in [6.45, 7) is 1.43. The number of nitrogens with one attached hydrogen (secondary N) is 1. The minimum Gasteiger partial charge on any atom is -0.382 e. The van der Waals surface area contributed by atoms with Crippen molar-refractivity contribution in [3.8, 4) is 0 Å². The lowest BCUT2D eigenvalue weighted by molar-refractivity contribution is -0.122. The standard InChI is InChI=1S/C17H24N6O/c18-16-15-17(21-9-20-16)23(10-22-15)5-1-4-19-14(24)8-13-7-11-2-3-12(13)6-11/h9-13H,1-8H2,(H,19,24)(H2,18,20,21). The fourth-order valence-corrected chi connectivity index (χ4v) is 4.48. The first-order chi connectivity index (χ1) is 11.7. The maximum Gasteiger partial charge on any atom is 0.220 e. The molecule has 2 aromatic rings. The van der Waals surface area contributed by atoms with Gasteiger partial charge in [-0.05, 0) is 43.4 Å². The first kappa shape index (κ1) is 15.4. The van der Waals surface area contributed by atoms with E-state index in [1.807, 2.05) is 4.57 Å². The van der Waals surface area contributed by atoms with Crippen molar-refractivity contribution in [3.05, 3.63) is 12.7 Å². The molecule has 3 unspecified atom stereocenters. The highest BCUT2D eigenvalue weighted by molar-refractivity contribution is 5.81. The number of amides is 1. The third-order valence-corrected chi connectivity index (χ3v) is 5.66. The highest BCUT2D eigenvalue weighted by Gasteiger charge is 2.39. The maximum atomic E-state index is 12.1. The Bertz CT molecular complexity index is 742. The van der Waals surface area contributed by atoms with Crippen LogP contribution in [-0.2, 0) is 11.3 Å². The van der Waals surface area contributed by atoms with Crippen molar-refractivity contribution in [2.45, 2.75) is 45.1 Å². The van der Waals surface area contributed by atoms with Crippen LogP contribution in [-0.4, -0.2) is 32.0 Å². The molecule has 3 atom stereocenters. The third kappa shape index (κ3) is 2.95. The molecule has 128 valence electrons. The first-order valence-electron chi connectivity index (χ1n) is 8.88. The number of imidazole rings is 1. The van der Waals surface area contributed by atoms with Crippen LogP contribution >= 0.6 is 0 Å². The van der Waals surface area contributed by atoms with Crippen molar-refractivity contribution in [2.24, 2.45) is 17.8 Å². The molecule has 2 aliphatic carbocycles. The lowest BCUT2D eigenvalue weighted by Gasteiger charge is -2.20. The smallest absolute Gasteiger partial charge is 0.220 e. The number of aryl methyl sites for hydroxylation is 1. The van der Waals surface area contributed by atoms with Crippen molar-refractivity contribution >= 4 is 22.9 Å². The molecule has 0 saturated heterocycles. The SMILES string of the molecule is Nc1ncnc2c1ncn2CCCNC(=O)CC1CC2CCC1C2. The van der Waals surface area contributed by atoms with Gasteiger partial charge in [0, 0.05) is 19.5 Å². The number of anilines is 1. The predicted octanol–water partition coefficient (Wildman–Crippen LogP) is 1.74. The van der Waals surface area contributed by atoms with Gasteiger partial charge in [-0.15, -0.1) is 0 Å². The van der Waals surface area contributed by atoms with Crippen LogP contribution in [0.3, 0.4) is 0 Å². The number of hydrogen-bond acceptors (Lipinski definition) is 5. The van der Waals surface area contributed by atoms with E-state index >= 15 is 0 Å². The highest BCUT2D eigenvalue weighted by atomic mass is 16.1. The van der Waals surface area contributed by atoms with E-state index in [-0.39, 0.29) is 5.91 Å². The number of nitrogens with zero attached hydrogens (tertiary/aromatic N) is 4. The van der Waals surface area contributed by atoms with Gasteiger partial charge >= 0.3 is 0 Å². The van der Waals surface area contributed by atoms with E-state index in [4.69, 9.17) is 5.73 Å². The normalized spacial score (nSPS) is 25.4. The Morgan fingerprint density at radius 2 is 2.21 bits per heavy atom. The molecular formula is C17H24N6O. The second kappa shape index (κ2) is 6.37. The molecule has 0 aromatic carbocycles. The fraction of sp³-hybridized carbons (Fsp3) is 0.647. The van der Waals surface area contributed by atoms with Crippen molar-refractivity contribution in [1.82, 2.24) is 24.8 Å². The van der Waals surface area contributed by atoms with E-state index in [1.165, 1.54) is 32.0 Å². The zero-order valence-corrected chi connectivity index (χ0v) is 13.8. The highest BCUT2D eigenvalue weighted by Crippen LogP contribution is 2.49. The Balaban J connectivity index is 1.22. The molecule has 4 rings (SSSR count). The summed E-state index contributed by atoms with van der Waals surface area (Å²) in [5.41, 5.74) is 7.17. The Morgan fingerprint density at radius 3 is 3.00 bits per heavy atom. The van der Waals surface area contributed by atoms with Crippen LogP contribution < -0.4 is 11.1 Å². The van der Waals surface area contributed by atoms with E-state index in [2.05, 4.69) is 20.3 Å². The van der Waals surface area contributed by atoms with Crippen molar-refractivity contribution in [3.63, 3.8) is 0 Å². The van der Waals surface area contributed by atoms with Gasteiger partial charge in [0.1, 0.15) is 11.8 Å². The van der Waals surface area contributed by atoms with Crippen molar-refractivity contribution < 1.29 is 4.79 Å².